The van der Waals surface area contributed by atoms with Gasteiger partial charge in [0.15, 0.2) is 0 Å². The van der Waals surface area contributed by atoms with Gasteiger partial charge in [-0.25, -0.2) is 0 Å². The van der Waals surface area contributed by atoms with Gasteiger partial charge in [0, 0.05) is 5.88 Å². The quantitative estimate of drug-likeness (QED) is 0.638. The van der Waals surface area contributed by atoms with Gasteiger partial charge in [-0.1, -0.05) is 46.3 Å². The maximum Gasteiger partial charge on any atom is 0.0474 e. The second-order valence-electron chi connectivity index (χ2n) is 1.62. The van der Waals surface area contributed by atoms with Crippen LogP contribution in [0.1, 0.15) is 5.56 Å². The van der Waals surface area contributed by atoms with Crippen molar-refractivity contribution in [3.8, 4) is 0 Å². The first-order chi connectivity index (χ1) is 4.93. The van der Waals surface area contributed by atoms with Gasteiger partial charge in [-0.05, 0) is 11.4 Å². The van der Waals surface area contributed by atoms with E-state index in [1.165, 1.54) is 5.56 Å². The average molecular weight is 222 g/mol. The summed E-state index contributed by atoms with van der Waals surface area (Å²) in [6.45, 7) is 0. The lowest BCUT2D eigenvalue weighted by molar-refractivity contribution is 1.41. The summed E-state index contributed by atoms with van der Waals surface area (Å²) in [5.74, 6) is 2.42. The minimum atomic E-state index is 0.612. The molecule has 10 heavy (non-hydrogen) atoms. The fraction of sp³-hybridized carbons (Fsp3) is 0.250. The first-order valence-corrected chi connectivity index (χ1v) is 5.03. The van der Waals surface area contributed by atoms with E-state index in [1.807, 2.05) is 36.2 Å². The third kappa shape index (κ3) is 3.91. The first kappa shape index (κ1) is 9.99. The predicted molar refractivity (Wildman–Crippen MR) is 50.9 cm³/mol. The van der Waals surface area contributed by atoms with Gasteiger partial charge >= 0.3 is 0 Å². The summed E-state index contributed by atoms with van der Waals surface area (Å²) in [6, 6.07) is 9.96. The lowest BCUT2D eigenvalue weighted by Crippen LogP contribution is -1.71. The summed E-state index contributed by atoms with van der Waals surface area (Å²) in [6.07, 6.45) is 0. The first-order valence-electron chi connectivity index (χ1n) is 2.91. The van der Waals surface area contributed by atoms with E-state index in [1.54, 1.807) is 0 Å². The fourth-order valence-corrected chi connectivity index (χ4v) is 0.745. The second-order valence-corrected chi connectivity index (χ2v) is 1.89. The molecule has 0 bridgehead atoms. The summed E-state index contributed by atoms with van der Waals surface area (Å²) < 4.78 is 0. The summed E-state index contributed by atoms with van der Waals surface area (Å²) in [5.41, 5.74) is 1.18. The standard InChI is InChI=1S/C7H7Cl.CH3Br/c8-6-7-4-2-1-3-5-7;1-2/h1-5H,6H2;1H3. The zero-order valence-electron chi connectivity index (χ0n) is 5.85. The lowest BCUT2D eigenvalue weighted by Gasteiger charge is -1.88. The molecule has 0 radical (unpaired) electrons. The van der Waals surface area contributed by atoms with Gasteiger partial charge < -0.3 is 0 Å². The molecule has 0 aromatic heterocycles. The number of hydrogen-bond acceptors (Lipinski definition) is 0. The van der Waals surface area contributed by atoms with E-state index < -0.39 is 0 Å². The summed E-state index contributed by atoms with van der Waals surface area (Å²) in [4.78, 5) is 0. The molecular formula is C8H10BrCl. The second kappa shape index (κ2) is 7.10. The molecule has 0 unspecified atom stereocenters. The van der Waals surface area contributed by atoms with Crippen molar-refractivity contribution in [2.24, 2.45) is 0 Å². The summed E-state index contributed by atoms with van der Waals surface area (Å²) in [5, 5.41) is 0. The highest BCUT2D eigenvalue weighted by atomic mass is 79.9. The highest BCUT2D eigenvalue weighted by Crippen LogP contribution is 2.00. The van der Waals surface area contributed by atoms with Crippen molar-refractivity contribution in [3.63, 3.8) is 0 Å². The predicted octanol–water partition coefficient (Wildman–Crippen LogP) is 3.44. The molecule has 0 aliphatic rings. The molecule has 0 spiro atoms. The van der Waals surface area contributed by atoms with Crippen molar-refractivity contribution < 1.29 is 0 Å². The fourth-order valence-electron chi connectivity index (χ4n) is 0.567. The molecule has 0 N–H and O–H groups in total. The number of rotatable bonds is 1. The average Bonchev–Trinajstić information content (AvgIpc) is 2.10. The number of alkyl halides is 2. The van der Waals surface area contributed by atoms with E-state index in [0.717, 1.165) is 0 Å². The van der Waals surface area contributed by atoms with Crippen LogP contribution in [0.3, 0.4) is 0 Å². The largest absolute Gasteiger partial charge is 0.122 e. The maximum absolute atomic E-state index is 5.53. The number of benzene rings is 1. The molecule has 0 amide bonds. The van der Waals surface area contributed by atoms with E-state index >= 15 is 0 Å². The Morgan fingerprint density at radius 2 is 1.70 bits per heavy atom. The van der Waals surface area contributed by atoms with Crippen LogP contribution in [0.5, 0.6) is 0 Å². The monoisotopic (exact) mass is 220 g/mol. The molecule has 0 saturated carbocycles. The highest BCUT2D eigenvalue weighted by molar-refractivity contribution is 9.08. The smallest absolute Gasteiger partial charge is 0.0474 e. The van der Waals surface area contributed by atoms with Gasteiger partial charge in [0.2, 0.25) is 0 Å². The third-order valence-electron chi connectivity index (χ3n) is 0.997. The zero-order valence-corrected chi connectivity index (χ0v) is 8.19. The zero-order chi connectivity index (χ0) is 7.82. The Hall–Kier alpha value is -0.0100. The van der Waals surface area contributed by atoms with Crippen molar-refractivity contribution in [2.45, 2.75) is 5.88 Å². The van der Waals surface area contributed by atoms with Gasteiger partial charge in [0.05, 0.1) is 0 Å². The normalized spacial score (nSPS) is 7.90. The van der Waals surface area contributed by atoms with Crippen LogP contribution in [0.2, 0.25) is 0 Å². The SMILES string of the molecule is CBr.ClCc1ccccc1. The van der Waals surface area contributed by atoms with Gasteiger partial charge in [-0.3, -0.25) is 0 Å². The Labute approximate surface area is 75.3 Å². The van der Waals surface area contributed by atoms with Crippen LogP contribution < -0.4 is 0 Å². The molecule has 1 aromatic carbocycles. The highest BCUT2D eigenvalue weighted by Gasteiger charge is 1.81. The lowest BCUT2D eigenvalue weighted by atomic mass is 10.2. The van der Waals surface area contributed by atoms with Crippen molar-refractivity contribution in [1.82, 2.24) is 0 Å². The molecule has 0 nitrogen and oxygen atoms in total. The van der Waals surface area contributed by atoms with Crippen LogP contribution >= 0.6 is 27.5 Å². The van der Waals surface area contributed by atoms with Crippen LogP contribution in [-0.2, 0) is 5.88 Å². The minimum Gasteiger partial charge on any atom is -0.122 e. The summed E-state index contributed by atoms with van der Waals surface area (Å²) in [7, 11) is 0. The van der Waals surface area contributed by atoms with Gasteiger partial charge in [-0.15, -0.1) is 11.6 Å². The molecule has 0 heterocycles. The molecule has 0 fully saturated rings. The van der Waals surface area contributed by atoms with Crippen LogP contribution in [0, 0.1) is 0 Å². The molecule has 0 aliphatic heterocycles. The molecular weight excluding hydrogens is 211 g/mol. The van der Waals surface area contributed by atoms with Crippen LogP contribution in [0.4, 0.5) is 0 Å². The molecule has 0 saturated heterocycles. The van der Waals surface area contributed by atoms with Gasteiger partial charge in [0.1, 0.15) is 0 Å². The molecule has 56 valence electrons. The van der Waals surface area contributed by atoms with Crippen molar-refractivity contribution >= 4 is 27.5 Å². The van der Waals surface area contributed by atoms with E-state index in [9.17, 15) is 0 Å². The van der Waals surface area contributed by atoms with Crippen LogP contribution in [0.25, 0.3) is 0 Å². The van der Waals surface area contributed by atoms with Crippen LogP contribution in [-0.4, -0.2) is 5.83 Å². The topological polar surface area (TPSA) is 0 Å². The van der Waals surface area contributed by atoms with E-state index in [-0.39, 0.29) is 0 Å². The summed E-state index contributed by atoms with van der Waals surface area (Å²) >= 11 is 8.46. The Morgan fingerprint density at radius 1 is 1.20 bits per heavy atom. The van der Waals surface area contributed by atoms with Gasteiger partial charge in [-0.2, -0.15) is 0 Å². The van der Waals surface area contributed by atoms with E-state index in [0.29, 0.717) is 5.88 Å². The third-order valence-corrected chi connectivity index (χ3v) is 1.31. The molecule has 0 atom stereocenters. The van der Waals surface area contributed by atoms with Crippen LogP contribution in [0.15, 0.2) is 30.3 Å². The number of hydrogen-bond donors (Lipinski definition) is 0. The van der Waals surface area contributed by atoms with Crippen molar-refractivity contribution in [1.29, 1.82) is 0 Å². The van der Waals surface area contributed by atoms with Crippen molar-refractivity contribution in [2.75, 3.05) is 5.83 Å². The maximum atomic E-state index is 5.53. The Kier molecular flexibility index (Phi) is 7.09. The van der Waals surface area contributed by atoms with Crippen molar-refractivity contribution in [3.05, 3.63) is 35.9 Å². The number of halogens is 2. The molecule has 1 aromatic rings. The Bertz CT molecular complexity index is 151. The van der Waals surface area contributed by atoms with Gasteiger partial charge in [0.25, 0.3) is 0 Å². The minimum absolute atomic E-state index is 0.612. The molecule has 1 rings (SSSR count). The van der Waals surface area contributed by atoms with E-state index in [4.69, 9.17) is 11.6 Å². The molecule has 0 aliphatic carbocycles. The molecule has 2 heteroatoms. The Balaban J connectivity index is 0.000000371. The Morgan fingerprint density at radius 3 is 2.00 bits per heavy atom. The van der Waals surface area contributed by atoms with E-state index in [2.05, 4.69) is 15.9 Å².